The summed E-state index contributed by atoms with van der Waals surface area (Å²) in [5, 5.41) is 0. The molecule has 0 saturated heterocycles. The number of phosphoric acid groups is 1. The van der Waals surface area contributed by atoms with Gasteiger partial charge in [0.2, 0.25) is 0 Å². The monoisotopic (exact) mass is 300 g/mol. The third kappa shape index (κ3) is 6.20. The lowest BCUT2D eigenvalue weighted by Crippen LogP contribution is -2.36. The Balaban J connectivity index is 4.76. The van der Waals surface area contributed by atoms with E-state index in [4.69, 9.17) is 4.52 Å². The number of carbonyl (C=O) groups excluding carboxylic acids is 1. The van der Waals surface area contributed by atoms with Gasteiger partial charge in [-0.15, -0.1) is 0 Å². The van der Waals surface area contributed by atoms with Crippen molar-refractivity contribution in [2.24, 2.45) is 5.41 Å². The minimum absolute atomic E-state index is 0.217. The molecular weight excluding hydrogens is 279 g/mol. The summed E-state index contributed by atoms with van der Waals surface area (Å²) in [7, 11) is -2.83. The molecule has 0 rings (SSSR count). The maximum atomic E-state index is 11.6. The highest BCUT2D eigenvalue weighted by Crippen LogP contribution is 2.51. The number of hydrogen-bond donors (Lipinski definition) is 1. The number of carbonyl (C=O) groups is 1. The highest BCUT2D eigenvalue weighted by atomic mass is 32.2. The fourth-order valence-corrected chi connectivity index (χ4v) is 3.43. The highest BCUT2D eigenvalue weighted by Gasteiger charge is 2.40. The van der Waals surface area contributed by atoms with E-state index >= 15 is 0 Å². The van der Waals surface area contributed by atoms with Crippen molar-refractivity contribution in [2.75, 3.05) is 13.4 Å². The van der Waals surface area contributed by atoms with Crippen LogP contribution in [0.25, 0.3) is 0 Å². The standard InChI is InChI=1S/C10H21O6PS/c1-9(2,8(11)14-5)7-10(3,4)15-17(12,13)16-18-6/h7H2,1-6H3,(H,12,13). The summed E-state index contributed by atoms with van der Waals surface area (Å²) in [5.41, 5.74) is -1.82. The lowest BCUT2D eigenvalue weighted by atomic mass is 9.82. The van der Waals surface area contributed by atoms with Crippen molar-refractivity contribution in [1.82, 2.24) is 0 Å². The molecule has 0 amide bonds. The molecule has 0 heterocycles. The van der Waals surface area contributed by atoms with Gasteiger partial charge in [0.25, 0.3) is 0 Å². The molecule has 1 atom stereocenters. The van der Waals surface area contributed by atoms with E-state index in [-0.39, 0.29) is 6.42 Å². The first-order valence-electron chi connectivity index (χ1n) is 5.30. The van der Waals surface area contributed by atoms with Crippen LogP contribution in [0.5, 0.6) is 0 Å². The lowest BCUT2D eigenvalue weighted by Gasteiger charge is -2.33. The predicted octanol–water partition coefficient (Wildman–Crippen LogP) is 2.77. The van der Waals surface area contributed by atoms with Crippen LogP contribution >= 0.6 is 19.9 Å². The van der Waals surface area contributed by atoms with Crippen molar-refractivity contribution >= 4 is 25.8 Å². The highest BCUT2D eigenvalue weighted by molar-refractivity contribution is 7.97. The van der Waals surface area contributed by atoms with Gasteiger partial charge in [-0.1, -0.05) is 0 Å². The molecule has 1 N–H and O–H groups in total. The smallest absolute Gasteiger partial charge is 0.469 e. The first-order valence-corrected chi connectivity index (χ1v) is 7.95. The molecule has 0 aliphatic rings. The zero-order chi connectivity index (χ0) is 14.6. The summed E-state index contributed by atoms with van der Waals surface area (Å²) in [4.78, 5) is 21.0. The van der Waals surface area contributed by atoms with Gasteiger partial charge in [0, 0.05) is 18.3 Å². The zero-order valence-corrected chi connectivity index (χ0v) is 13.3. The van der Waals surface area contributed by atoms with Crippen LogP contribution in [0.3, 0.4) is 0 Å². The zero-order valence-electron chi connectivity index (χ0n) is 11.6. The van der Waals surface area contributed by atoms with E-state index in [2.05, 4.69) is 8.71 Å². The first-order chi connectivity index (χ1) is 7.96. The van der Waals surface area contributed by atoms with Crippen molar-refractivity contribution in [2.45, 2.75) is 39.7 Å². The van der Waals surface area contributed by atoms with E-state index in [1.54, 1.807) is 27.7 Å². The fraction of sp³-hybridized carbons (Fsp3) is 0.900. The van der Waals surface area contributed by atoms with Gasteiger partial charge >= 0.3 is 13.8 Å². The lowest BCUT2D eigenvalue weighted by molar-refractivity contribution is -0.153. The van der Waals surface area contributed by atoms with Crippen LogP contribution < -0.4 is 0 Å². The maximum absolute atomic E-state index is 11.6. The Morgan fingerprint density at radius 2 is 1.83 bits per heavy atom. The van der Waals surface area contributed by atoms with E-state index in [9.17, 15) is 14.3 Å². The summed E-state index contributed by atoms with van der Waals surface area (Å²) >= 11 is 0.748. The maximum Gasteiger partial charge on any atom is 0.483 e. The normalized spacial score (nSPS) is 16.2. The van der Waals surface area contributed by atoms with E-state index < -0.39 is 24.8 Å². The van der Waals surface area contributed by atoms with Crippen LogP contribution in [0.15, 0.2) is 0 Å². The molecular formula is C10H21O6PS. The molecule has 108 valence electrons. The van der Waals surface area contributed by atoms with Gasteiger partial charge in [0.1, 0.15) is 0 Å². The summed E-state index contributed by atoms with van der Waals surface area (Å²) in [5.74, 6) is -0.405. The quantitative estimate of drug-likeness (QED) is 0.440. The Bertz CT molecular complexity index is 341. The third-order valence-electron chi connectivity index (χ3n) is 2.14. The molecule has 0 bridgehead atoms. The molecule has 0 aliphatic carbocycles. The Kier molecular flexibility index (Phi) is 6.36. The molecule has 0 aliphatic heterocycles. The first kappa shape index (κ1) is 17.9. The van der Waals surface area contributed by atoms with Gasteiger partial charge in [0.05, 0.1) is 18.1 Å². The van der Waals surface area contributed by atoms with Gasteiger partial charge in [0.15, 0.2) is 0 Å². The van der Waals surface area contributed by atoms with Gasteiger partial charge in [-0.25, -0.2) is 8.54 Å². The van der Waals surface area contributed by atoms with Crippen LogP contribution in [-0.2, 0) is 22.6 Å². The Morgan fingerprint density at radius 1 is 1.33 bits per heavy atom. The van der Waals surface area contributed by atoms with Gasteiger partial charge in [-0.3, -0.25) is 9.32 Å². The number of methoxy groups -OCH3 is 1. The molecule has 0 aromatic heterocycles. The second-order valence-corrected chi connectivity index (χ2v) is 7.16. The minimum Gasteiger partial charge on any atom is -0.469 e. The van der Waals surface area contributed by atoms with Crippen LogP contribution in [-0.4, -0.2) is 29.8 Å². The molecule has 0 fully saturated rings. The molecule has 0 radical (unpaired) electrons. The van der Waals surface area contributed by atoms with Crippen molar-refractivity contribution in [3.05, 3.63) is 0 Å². The van der Waals surface area contributed by atoms with Crippen LogP contribution in [0, 0.1) is 5.41 Å². The molecule has 0 spiro atoms. The summed E-state index contributed by atoms with van der Waals surface area (Å²) < 4.78 is 25.8. The number of esters is 1. The topological polar surface area (TPSA) is 82.1 Å². The van der Waals surface area contributed by atoms with Crippen molar-refractivity contribution < 1.29 is 27.5 Å². The van der Waals surface area contributed by atoms with Crippen molar-refractivity contribution in [3.8, 4) is 0 Å². The van der Waals surface area contributed by atoms with Crippen molar-refractivity contribution in [1.29, 1.82) is 0 Å². The van der Waals surface area contributed by atoms with Gasteiger partial charge < -0.3 is 9.63 Å². The number of rotatable bonds is 7. The van der Waals surface area contributed by atoms with Crippen LogP contribution in [0.2, 0.25) is 0 Å². The number of hydrogen-bond acceptors (Lipinski definition) is 6. The third-order valence-corrected chi connectivity index (χ3v) is 4.21. The summed E-state index contributed by atoms with van der Waals surface area (Å²) in [6.45, 7) is 6.60. The molecule has 0 saturated carbocycles. The Labute approximate surface area is 112 Å². The summed E-state index contributed by atoms with van der Waals surface area (Å²) in [6, 6.07) is 0. The fourth-order valence-electron chi connectivity index (χ4n) is 1.87. The van der Waals surface area contributed by atoms with Gasteiger partial charge in [-0.05, 0) is 34.1 Å². The molecule has 0 aromatic carbocycles. The predicted molar refractivity (Wildman–Crippen MR) is 70.0 cm³/mol. The molecule has 8 heteroatoms. The van der Waals surface area contributed by atoms with E-state index in [1.165, 1.54) is 13.4 Å². The molecule has 6 nitrogen and oxygen atoms in total. The van der Waals surface area contributed by atoms with Crippen LogP contribution in [0.1, 0.15) is 34.1 Å². The average Bonchev–Trinajstić information content (AvgIpc) is 2.12. The molecule has 0 aromatic rings. The number of ether oxygens (including phenoxy) is 1. The van der Waals surface area contributed by atoms with Crippen molar-refractivity contribution in [3.63, 3.8) is 0 Å². The van der Waals surface area contributed by atoms with Gasteiger partial charge in [-0.2, -0.15) is 0 Å². The largest absolute Gasteiger partial charge is 0.483 e. The Morgan fingerprint density at radius 3 is 2.22 bits per heavy atom. The van der Waals surface area contributed by atoms with E-state index in [0.717, 1.165) is 12.0 Å². The Hall–Kier alpha value is -0.0700. The minimum atomic E-state index is -4.13. The van der Waals surface area contributed by atoms with E-state index in [0.29, 0.717) is 0 Å². The second-order valence-electron chi connectivity index (χ2n) is 5.11. The molecule has 1 unspecified atom stereocenters. The average molecular weight is 300 g/mol. The van der Waals surface area contributed by atoms with E-state index in [1.807, 2.05) is 0 Å². The number of phosphoric ester groups is 1. The van der Waals surface area contributed by atoms with Crippen LogP contribution in [0.4, 0.5) is 0 Å². The second kappa shape index (κ2) is 6.39. The summed E-state index contributed by atoms with van der Waals surface area (Å²) in [6.07, 6.45) is 1.73. The SMILES string of the molecule is COC(=O)C(C)(C)CC(C)(C)OP(=O)(O)OSC. The molecule has 18 heavy (non-hydrogen) atoms.